The molecule has 1 rings (SSSR count). The van der Waals surface area contributed by atoms with Gasteiger partial charge in [0.2, 0.25) is 5.06 Å². The number of ether oxygens (including phenoxy) is 2. The largest absolute Gasteiger partial charge is 0.503 e. The smallest absolute Gasteiger partial charge is 0.413 e. The van der Waals surface area contributed by atoms with Crippen LogP contribution in [0.4, 0.5) is 4.79 Å². The fourth-order valence-electron chi connectivity index (χ4n) is 0.970. The number of carbonyl (C=O) groups excluding carboxylic acids is 2. The Morgan fingerprint density at radius 3 is 2.56 bits per heavy atom. The van der Waals surface area contributed by atoms with E-state index in [1.54, 1.807) is 0 Å². The molecule has 6 nitrogen and oxygen atoms in total. The number of nitrogens with one attached hydrogen (secondary N) is 1. The van der Waals surface area contributed by atoms with Gasteiger partial charge in [-0.05, 0) is 6.92 Å². The number of thiophene rings is 1. The summed E-state index contributed by atoms with van der Waals surface area (Å²) >= 11 is 0.855. The van der Waals surface area contributed by atoms with Gasteiger partial charge in [0.05, 0.1) is 7.11 Å². The second-order valence-electron chi connectivity index (χ2n) is 2.82. The van der Waals surface area contributed by atoms with E-state index in [4.69, 9.17) is 4.74 Å². The highest BCUT2D eigenvalue weighted by Gasteiger charge is 2.22. The van der Waals surface area contributed by atoms with Crippen LogP contribution < -0.4 is 10.1 Å². The van der Waals surface area contributed by atoms with Crippen LogP contribution >= 0.6 is 11.3 Å². The highest BCUT2D eigenvalue weighted by atomic mass is 32.1. The lowest BCUT2D eigenvalue weighted by Gasteiger charge is -1.99. The predicted octanol–water partition coefficient (Wildman–Crippen LogP) is 1.27. The summed E-state index contributed by atoms with van der Waals surface area (Å²) in [6.45, 7) is 1.54. The van der Waals surface area contributed by atoms with E-state index >= 15 is 0 Å². The van der Waals surface area contributed by atoms with Crippen LogP contribution in [0.1, 0.15) is 15.2 Å². The van der Waals surface area contributed by atoms with Crippen LogP contribution in [0.3, 0.4) is 0 Å². The van der Waals surface area contributed by atoms with Gasteiger partial charge in [0.15, 0.2) is 5.75 Å². The molecule has 0 aliphatic carbocycles. The van der Waals surface area contributed by atoms with Gasteiger partial charge in [-0.15, -0.1) is 0 Å². The van der Waals surface area contributed by atoms with Gasteiger partial charge in [0.25, 0.3) is 0 Å². The Bertz CT molecular complexity index is 426. The summed E-state index contributed by atoms with van der Waals surface area (Å²) in [6.07, 6.45) is -0.715. The first-order chi connectivity index (χ1) is 7.51. The van der Waals surface area contributed by atoms with E-state index in [1.165, 1.54) is 21.1 Å². The molecule has 16 heavy (non-hydrogen) atoms. The molecule has 0 atom stereocenters. The zero-order valence-corrected chi connectivity index (χ0v) is 9.80. The maximum absolute atomic E-state index is 11.3. The highest BCUT2D eigenvalue weighted by molar-refractivity contribution is 7.16. The molecule has 7 heteroatoms. The lowest BCUT2D eigenvalue weighted by Crippen LogP contribution is -2.21. The maximum Gasteiger partial charge on any atom is 0.413 e. The number of rotatable bonds is 2. The van der Waals surface area contributed by atoms with Gasteiger partial charge in [-0.2, -0.15) is 0 Å². The van der Waals surface area contributed by atoms with E-state index in [-0.39, 0.29) is 15.7 Å². The Kier molecular flexibility index (Phi) is 3.73. The van der Waals surface area contributed by atoms with Crippen molar-refractivity contribution in [3.8, 4) is 10.8 Å². The molecule has 0 radical (unpaired) electrons. The van der Waals surface area contributed by atoms with Crippen LogP contribution in [-0.2, 0) is 4.74 Å². The molecular weight excluding hydrogens is 234 g/mol. The number of methoxy groups -OCH3 is 1. The van der Waals surface area contributed by atoms with Crippen molar-refractivity contribution in [1.82, 2.24) is 5.32 Å². The number of carbonyl (C=O) groups is 2. The highest BCUT2D eigenvalue weighted by Crippen LogP contribution is 2.41. The van der Waals surface area contributed by atoms with Crippen LogP contribution in [-0.4, -0.2) is 31.3 Å². The molecule has 1 heterocycles. The molecule has 0 unspecified atom stereocenters. The standard InChI is InChI=1S/C9H11NO5S/c1-4-5(11)8(15-9(13)10-2)16-6(4)7(12)14-3/h11H,1-3H3,(H,10,13). The molecule has 0 aliphatic rings. The Morgan fingerprint density at radius 1 is 1.44 bits per heavy atom. The number of amides is 1. The predicted molar refractivity (Wildman–Crippen MR) is 57.1 cm³/mol. The SMILES string of the molecule is CNC(=O)Oc1sc(C(=O)OC)c(C)c1O. The molecule has 1 amide bonds. The number of hydrogen-bond acceptors (Lipinski definition) is 6. The normalized spacial score (nSPS) is 9.69. The van der Waals surface area contributed by atoms with Gasteiger partial charge in [-0.25, -0.2) is 9.59 Å². The summed E-state index contributed by atoms with van der Waals surface area (Å²) in [7, 11) is 2.62. The second kappa shape index (κ2) is 4.84. The summed E-state index contributed by atoms with van der Waals surface area (Å²) < 4.78 is 9.28. The molecule has 2 N–H and O–H groups in total. The number of aromatic hydroxyl groups is 1. The molecule has 0 fully saturated rings. The molecule has 0 spiro atoms. The van der Waals surface area contributed by atoms with E-state index in [1.807, 2.05) is 0 Å². The van der Waals surface area contributed by atoms with Gasteiger partial charge >= 0.3 is 12.1 Å². The third-order valence-electron chi connectivity index (χ3n) is 1.84. The topological polar surface area (TPSA) is 84.9 Å². The Morgan fingerprint density at radius 2 is 2.06 bits per heavy atom. The summed E-state index contributed by atoms with van der Waals surface area (Å²) in [5, 5.41) is 11.8. The van der Waals surface area contributed by atoms with Crippen molar-refractivity contribution >= 4 is 23.4 Å². The van der Waals surface area contributed by atoms with Gasteiger partial charge in [0, 0.05) is 12.6 Å². The van der Waals surface area contributed by atoms with Crippen molar-refractivity contribution in [2.75, 3.05) is 14.2 Å². The van der Waals surface area contributed by atoms with Crippen molar-refractivity contribution < 1.29 is 24.2 Å². The molecule has 0 bridgehead atoms. The molecule has 88 valence electrons. The number of hydrogen-bond donors (Lipinski definition) is 2. The Labute approximate surface area is 95.8 Å². The average molecular weight is 245 g/mol. The zero-order chi connectivity index (χ0) is 12.3. The lowest BCUT2D eigenvalue weighted by atomic mass is 10.3. The first kappa shape index (κ1) is 12.3. The molecule has 1 aromatic rings. The minimum Gasteiger partial charge on any atom is -0.503 e. The molecule has 0 saturated carbocycles. The van der Waals surface area contributed by atoms with Crippen molar-refractivity contribution in [2.24, 2.45) is 0 Å². The lowest BCUT2D eigenvalue weighted by molar-refractivity contribution is 0.0605. The van der Waals surface area contributed by atoms with E-state index in [0.717, 1.165) is 11.3 Å². The van der Waals surface area contributed by atoms with Gasteiger partial charge in [-0.3, -0.25) is 0 Å². The molecule has 0 aliphatic heterocycles. The maximum atomic E-state index is 11.3. The van der Waals surface area contributed by atoms with Crippen molar-refractivity contribution in [3.63, 3.8) is 0 Å². The summed E-state index contributed by atoms with van der Waals surface area (Å²) in [4.78, 5) is 22.4. The van der Waals surface area contributed by atoms with Crippen LogP contribution in [0.5, 0.6) is 10.8 Å². The van der Waals surface area contributed by atoms with E-state index in [2.05, 4.69) is 10.1 Å². The summed E-state index contributed by atoms with van der Waals surface area (Å²) in [5.41, 5.74) is 0.329. The zero-order valence-electron chi connectivity index (χ0n) is 8.99. The third-order valence-corrected chi connectivity index (χ3v) is 2.98. The molecular formula is C9H11NO5S. The summed E-state index contributed by atoms with van der Waals surface area (Å²) in [5.74, 6) is -0.807. The quantitative estimate of drug-likeness (QED) is 0.766. The van der Waals surface area contributed by atoms with Crippen LogP contribution in [0.15, 0.2) is 0 Å². The van der Waals surface area contributed by atoms with Crippen LogP contribution in [0, 0.1) is 6.92 Å². The molecule has 0 saturated heterocycles. The van der Waals surface area contributed by atoms with Crippen molar-refractivity contribution in [1.29, 1.82) is 0 Å². The minimum absolute atomic E-state index is 0.0303. The van der Waals surface area contributed by atoms with Gasteiger partial charge in [-0.1, -0.05) is 11.3 Å². The van der Waals surface area contributed by atoms with Crippen molar-refractivity contribution in [3.05, 3.63) is 10.4 Å². The monoisotopic (exact) mass is 245 g/mol. The van der Waals surface area contributed by atoms with Crippen molar-refractivity contribution in [2.45, 2.75) is 6.92 Å². The van der Waals surface area contributed by atoms with Gasteiger partial charge in [0.1, 0.15) is 4.88 Å². The van der Waals surface area contributed by atoms with E-state index < -0.39 is 12.1 Å². The van der Waals surface area contributed by atoms with Crippen LogP contribution in [0.2, 0.25) is 0 Å². The Hall–Kier alpha value is -1.76. The average Bonchev–Trinajstić information content (AvgIpc) is 2.56. The fraction of sp³-hybridized carbons (Fsp3) is 0.333. The summed E-state index contributed by atoms with van der Waals surface area (Å²) in [6, 6.07) is 0. The molecule has 0 aromatic carbocycles. The Balaban J connectivity index is 3.04. The first-order valence-corrected chi connectivity index (χ1v) is 5.13. The van der Waals surface area contributed by atoms with E-state index in [9.17, 15) is 14.7 Å². The number of esters is 1. The van der Waals surface area contributed by atoms with Gasteiger partial charge < -0.3 is 19.9 Å². The van der Waals surface area contributed by atoms with E-state index in [0.29, 0.717) is 5.56 Å². The molecule has 1 aromatic heterocycles. The third kappa shape index (κ3) is 2.25. The minimum atomic E-state index is -0.715. The fourth-order valence-corrected chi connectivity index (χ4v) is 1.94. The van der Waals surface area contributed by atoms with Crippen LogP contribution in [0.25, 0.3) is 0 Å². The first-order valence-electron chi connectivity index (χ1n) is 4.31. The second-order valence-corrected chi connectivity index (χ2v) is 3.81.